The quantitative estimate of drug-likeness (QED) is 0.404. The summed E-state index contributed by atoms with van der Waals surface area (Å²) in [5, 5.41) is 10.0. The van der Waals surface area contributed by atoms with Crippen molar-refractivity contribution in [1.82, 2.24) is 9.97 Å². The van der Waals surface area contributed by atoms with E-state index < -0.39 is 0 Å². The van der Waals surface area contributed by atoms with Crippen LogP contribution in [0.2, 0.25) is 10.4 Å². The molecule has 0 atom stereocenters. The molecular formula is C4H2Cl2N3O-. The summed E-state index contributed by atoms with van der Waals surface area (Å²) < 4.78 is 0. The van der Waals surface area contributed by atoms with Gasteiger partial charge in [0.15, 0.2) is 5.15 Å². The Balaban J connectivity index is 3.07. The van der Waals surface area contributed by atoms with Gasteiger partial charge in [-0.1, -0.05) is 11.6 Å². The lowest BCUT2D eigenvalue weighted by atomic mass is 10.6. The molecule has 0 radical (unpaired) electrons. The van der Waals surface area contributed by atoms with Gasteiger partial charge in [-0.05, 0) is 11.6 Å². The summed E-state index contributed by atoms with van der Waals surface area (Å²) >= 11 is 10.8. The molecule has 1 rings (SSSR count). The Kier molecular flexibility index (Phi) is 2.26. The Morgan fingerprint density at radius 1 is 1.50 bits per heavy atom. The van der Waals surface area contributed by atoms with E-state index in [0.29, 0.717) is 0 Å². The lowest BCUT2D eigenvalue weighted by Gasteiger charge is -2.08. The van der Waals surface area contributed by atoms with E-state index in [2.05, 4.69) is 9.97 Å². The fraction of sp³-hybridized carbons (Fsp3) is 0. The van der Waals surface area contributed by atoms with Crippen LogP contribution in [0.1, 0.15) is 0 Å². The summed E-state index contributed by atoms with van der Waals surface area (Å²) in [6.45, 7) is 0. The van der Waals surface area contributed by atoms with Gasteiger partial charge < -0.3 is 10.7 Å². The first-order chi connectivity index (χ1) is 4.74. The van der Waals surface area contributed by atoms with Crippen LogP contribution >= 0.6 is 23.2 Å². The van der Waals surface area contributed by atoms with Crippen molar-refractivity contribution in [3.63, 3.8) is 0 Å². The largest absolute Gasteiger partial charge is 0.761 e. The maximum Gasteiger partial charge on any atom is 0.223 e. The summed E-state index contributed by atoms with van der Waals surface area (Å²) in [5.41, 5.74) is 1.67. The third kappa shape index (κ3) is 1.47. The predicted octanol–water partition coefficient (Wildman–Crippen LogP) is 1.69. The molecule has 0 aromatic carbocycles. The molecule has 0 unspecified atom stereocenters. The highest BCUT2D eigenvalue weighted by Crippen LogP contribution is 2.18. The molecule has 0 aliphatic rings. The normalized spacial score (nSPS) is 9.50. The van der Waals surface area contributed by atoms with Gasteiger partial charge in [0.2, 0.25) is 5.28 Å². The molecule has 10 heavy (non-hydrogen) atoms. The van der Waals surface area contributed by atoms with Crippen LogP contribution in [0.3, 0.4) is 0 Å². The zero-order valence-electron chi connectivity index (χ0n) is 4.64. The highest BCUT2D eigenvalue weighted by molar-refractivity contribution is 6.33. The number of hydrogen-bond acceptors (Lipinski definition) is 4. The van der Waals surface area contributed by atoms with E-state index >= 15 is 0 Å². The first-order valence-electron chi connectivity index (χ1n) is 2.30. The van der Waals surface area contributed by atoms with Gasteiger partial charge in [0.25, 0.3) is 0 Å². The zero-order chi connectivity index (χ0) is 7.56. The molecule has 0 fully saturated rings. The van der Waals surface area contributed by atoms with Crippen molar-refractivity contribution in [2.75, 3.05) is 5.48 Å². The number of anilines is 1. The Morgan fingerprint density at radius 2 is 2.20 bits per heavy atom. The van der Waals surface area contributed by atoms with Crippen LogP contribution in [0.25, 0.3) is 0 Å². The van der Waals surface area contributed by atoms with Gasteiger partial charge >= 0.3 is 0 Å². The highest BCUT2D eigenvalue weighted by atomic mass is 35.5. The summed E-state index contributed by atoms with van der Waals surface area (Å²) in [6.07, 6.45) is 1.21. The van der Waals surface area contributed by atoms with Crippen molar-refractivity contribution in [3.05, 3.63) is 21.8 Å². The minimum atomic E-state index is 0.0176. The molecule has 0 amide bonds. The van der Waals surface area contributed by atoms with E-state index in [9.17, 15) is 5.21 Å². The molecule has 1 aromatic rings. The molecule has 0 saturated carbocycles. The lowest BCUT2D eigenvalue weighted by molar-refractivity contribution is 1.17. The lowest BCUT2D eigenvalue weighted by Crippen LogP contribution is -1.90. The number of hydrogen-bond donors (Lipinski definition) is 1. The molecule has 0 aliphatic carbocycles. The van der Waals surface area contributed by atoms with Crippen molar-refractivity contribution in [2.24, 2.45) is 0 Å². The number of aromatic nitrogens is 2. The third-order valence-electron chi connectivity index (χ3n) is 0.823. The van der Waals surface area contributed by atoms with E-state index in [-0.39, 0.29) is 16.1 Å². The van der Waals surface area contributed by atoms with E-state index in [1.807, 2.05) is 0 Å². The summed E-state index contributed by atoms with van der Waals surface area (Å²) in [4.78, 5) is 7.02. The Hall–Kier alpha value is -0.580. The molecule has 1 heterocycles. The Morgan fingerprint density at radius 3 is 2.70 bits per heavy atom. The molecule has 0 spiro atoms. The van der Waals surface area contributed by atoms with Crippen LogP contribution in [0.5, 0.6) is 0 Å². The summed E-state index contributed by atoms with van der Waals surface area (Å²) in [7, 11) is 0. The summed E-state index contributed by atoms with van der Waals surface area (Å²) in [6, 6.07) is 0. The van der Waals surface area contributed by atoms with Gasteiger partial charge in [-0.15, -0.1) is 0 Å². The number of halogens is 2. The molecule has 6 heteroatoms. The van der Waals surface area contributed by atoms with Crippen molar-refractivity contribution < 1.29 is 0 Å². The van der Waals surface area contributed by atoms with Gasteiger partial charge in [-0.25, -0.2) is 9.97 Å². The molecule has 0 saturated heterocycles. The number of nitrogens with one attached hydrogen (secondary N) is 1. The molecule has 1 aromatic heterocycles. The van der Waals surface area contributed by atoms with Gasteiger partial charge in [0.05, 0.1) is 11.9 Å². The van der Waals surface area contributed by atoms with Gasteiger partial charge in [0.1, 0.15) is 0 Å². The maximum absolute atomic E-state index is 10.0. The molecule has 0 aliphatic heterocycles. The standard InChI is InChI=1S/C4H2Cl2N3O/c5-3-2(9-10)1-7-4(6)8-3/h1,9H/q-1. The van der Waals surface area contributed by atoms with Crippen LogP contribution in [0.4, 0.5) is 5.69 Å². The van der Waals surface area contributed by atoms with Crippen LogP contribution < -0.4 is 5.48 Å². The maximum atomic E-state index is 10.0. The van der Waals surface area contributed by atoms with Crippen LogP contribution in [0, 0.1) is 5.21 Å². The monoisotopic (exact) mass is 178 g/mol. The van der Waals surface area contributed by atoms with Crippen molar-refractivity contribution in [1.29, 1.82) is 0 Å². The molecular weight excluding hydrogens is 177 g/mol. The second-order valence-corrected chi connectivity index (χ2v) is 2.14. The van der Waals surface area contributed by atoms with Gasteiger partial charge in [-0.3, -0.25) is 0 Å². The fourth-order valence-corrected chi connectivity index (χ4v) is 0.754. The topological polar surface area (TPSA) is 60.9 Å². The van der Waals surface area contributed by atoms with Crippen LogP contribution in [0.15, 0.2) is 6.20 Å². The average Bonchev–Trinajstić information content (AvgIpc) is 1.88. The van der Waals surface area contributed by atoms with Crippen molar-refractivity contribution in [3.8, 4) is 0 Å². The van der Waals surface area contributed by atoms with E-state index in [1.54, 1.807) is 5.48 Å². The summed E-state index contributed by atoms with van der Waals surface area (Å²) in [5.74, 6) is 0. The van der Waals surface area contributed by atoms with Crippen molar-refractivity contribution >= 4 is 28.9 Å². The average molecular weight is 179 g/mol. The van der Waals surface area contributed by atoms with E-state index in [1.165, 1.54) is 6.20 Å². The smallest absolute Gasteiger partial charge is 0.223 e. The zero-order valence-corrected chi connectivity index (χ0v) is 6.15. The second kappa shape index (κ2) is 3.01. The predicted molar refractivity (Wildman–Crippen MR) is 39.0 cm³/mol. The van der Waals surface area contributed by atoms with E-state index in [0.717, 1.165) is 0 Å². The second-order valence-electron chi connectivity index (χ2n) is 1.45. The molecule has 4 nitrogen and oxygen atoms in total. The van der Waals surface area contributed by atoms with E-state index in [4.69, 9.17) is 23.2 Å². The third-order valence-corrected chi connectivity index (χ3v) is 1.29. The minimum Gasteiger partial charge on any atom is -0.761 e. The minimum absolute atomic E-state index is 0.0176. The Bertz CT molecular complexity index is 242. The molecule has 1 N–H and O–H groups in total. The molecule has 0 bridgehead atoms. The highest BCUT2D eigenvalue weighted by Gasteiger charge is 1.97. The van der Waals surface area contributed by atoms with Crippen molar-refractivity contribution in [2.45, 2.75) is 0 Å². The Labute approximate surface area is 66.8 Å². The van der Waals surface area contributed by atoms with Crippen LogP contribution in [-0.4, -0.2) is 9.97 Å². The number of nitrogens with zero attached hydrogens (tertiary/aromatic N) is 2. The number of rotatable bonds is 1. The van der Waals surface area contributed by atoms with Crippen LogP contribution in [-0.2, 0) is 0 Å². The molecule has 54 valence electrons. The fourth-order valence-electron chi connectivity index (χ4n) is 0.410. The van der Waals surface area contributed by atoms with Gasteiger partial charge in [0, 0.05) is 0 Å². The van der Waals surface area contributed by atoms with Gasteiger partial charge in [-0.2, -0.15) is 0 Å². The SMILES string of the molecule is [O-]Nc1cnc(Cl)nc1Cl. The first-order valence-corrected chi connectivity index (χ1v) is 3.06. The first kappa shape index (κ1) is 7.53.